The Balaban J connectivity index is 0.00000272. The number of halogens is 3. The van der Waals surface area contributed by atoms with E-state index in [-0.39, 0.29) is 18.0 Å². The van der Waals surface area contributed by atoms with Crippen molar-refractivity contribution in [2.75, 3.05) is 5.32 Å². The number of nitriles is 1. The molecule has 4 aromatic rings. The number of hydrogen-bond donors (Lipinski definition) is 1. The van der Waals surface area contributed by atoms with E-state index in [9.17, 15) is 10.1 Å². The van der Waals surface area contributed by atoms with Crippen molar-refractivity contribution in [1.29, 1.82) is 5.26 Å². The summed E-state index contributed by atoms with van der Waals surface area (Å²) >= 11 is 12.2. The van der Waals surface area contributed by atoms with E-state index in [1.807, 2.05) is 18.2 Å². The van der Waals surface area contributed by atoms with Gasteiger partial charge in [-0.15, -0.1) is 12.4 Å². The molecule has 0 bridgehead atoms. The van der Waals surface area contributed by atoms with Crippen LogP contribution >= 0.6 is 35.6 Å². The molecule has 1 amide bonds. The second-order valence-electron chi connectivity index (χ2n) is 6.33. The highest BCUT2D eigenvalue weighted by Crippen LogP contribution is 2.32. The largest absolute Gasteiger partial charge is 0.457 e. The van der Waals surface area contributed by atoms with Gasteiger partial charge in [0.1, 0.15) is 23.2 Å². The third-order valence-electron chi connectivity index (χ3n) is 4.37. The zero-order valence-electron chi connectivity index (χ0n) is 15.8. The van der Waals surface area contributed by atoms with Crippen molar-refractivity contribution in [3.8, 4) is 17.4 Å². The molecule has 0 atom stereocenters. The van der Waals surface area contributed by atoms with Gasteiger partial charge in [-0.1, -0.05) is 29.3 Å². The standard InChI is InChI=1S/C23H13Cl2N3O2.ClH/c24-15-6-8-19(25)18(12-15)22-9-7-16(30-22)11-14(13-26)23(29)28-21-5-1-4-20-17(21)3-2-10-27-20;/h1-12H,(H,28,29);1H/b14-11+;. The highest BCUT2D eigenvalue weighted by Gasteiger charge is 2.14. The van der Waals surface area contributed by atoms with E-state index in [2.05, 4.69) is 10.3 Å². The third kappa shape index (κ3) is 4.89. The van der Waals surface area contributed by atoms with Gasteiger partial charge < -0.3 is 9.73 Å². The second kappa shape index (κ2) is 9.67. The minimum Gasteiger partial charge on any atom is -0.457 e. The number of nitrogens with zero attached hydrogens (tertiary/aromatic N) is 2. The number of hydrogen-bond acceptors (Lipinski definition) is 4. The number of benzene rings is 2. The first-order chi connectivity index (χ1) is 14.5. The van der Waals surface area contributed by atoms with Crippen LogP contribution in [-0.2, 0) is 4.79 Å². The minimum atomic E-state index is -0.549. The number of pyridine rings is 1. The van der Waals surface area contributed by atoms with Crippen LogP contribution in [0.15, 0.2) is 76.9 Å². The molecular weight excluding hydrogens is 457 g/mol. The van der Waals surface area contributed by atoms with E-state index in [0.717, 1.165) is 10.9 Å². The van der Waals surface area contributed by atoms with Crippen molar-refractivity contribution in [2.24, 2.45) is 0 Å². The fourth-order valence-corrected chi connectivity index (χ4v) is 3.34. The summed E-state index contributed by atoms with van der Waals surface area (Å²) in [5, 5.41) is 14.0. The summed E-state index contributed by atoms with van der Waals surface area (Å²) in [5.41, 5.74) is 1.83. The molecule has 0 aliphatic carbocycles. The van der Waals surface area contributed by atoms with E-state index >= 15 is 0 Å². The van der Waals surface area contributed by atoms with Gasteiger partial charge >= 0.3 is 0 Å². The monoisotopic (exact) mass is 469 g/mol. The number of amides is 1. The molecule has 2 heterocycles. The molecule has 2 aromatic heterocycles. The molecule has 1 N–H and O–H groups in total. The summed E-state index contributed by atoms with van der Waals surface area (Å²) in [7, 11) is 0. The van der Waals surface area contributed by atoms with Gasteiger partial charge in [-0.2, -0.15) is 5.26 Å². The Morgan fingerprint density at radius 1 is 1.10 bits per heavy atom. The van der Waals surface area contributed by atoms with Crippen LogP contribution in [0.4, 0.5) is 5.69 Å². The number of rotatable bonds is 4. The number of carbonyl (C=O) groups is 1. The lowest BCUT2D eigenvalue weighted by molar-refractivity contribution is -0.112. The maximum Gasteiger partial charge on any atom is 0.266 e. The van der Waals surface area contributed by atoms with Gasteiger partial charge in [-0.25, -0.2) is 0 Å². The topological polar surface area (TPSA) is 78.9 Å². The molecule has 2 aromatic carbocycles. The van der Waals surface area contributed by atoms with Crippen molar-refractivity contribution < 1.29 is 9.21 Å². The van der Waals surface area contributed by atoms with Crippen LogP contribution in [0.25, 0.3) is 28.3 Å². The Morgan fingerprint density at radius 2 is 1.94 bits per heavy atom. The van der Waals surface area contributed by atoms with Crippen molar-refractivity contribution in [3.05, 3.63) is 88.2 Å². The van der Waals surface area contributed by atoms with Crippen LogP contribution in [0.3, 0.4) is 0 Å². The van der Waals surface area contributed by atoms with E-state index in [0.29, 0.717) is 32.8 Å². The summed E-state index contributed by atoms with van der Waals surface area (Å²) in [6, 6.07) is 19.3. The van der Waals surface area contributed by atoms with Gasteiger partial charge in [0.05, 0.1) is 16.2 Å². The van der Waals surface area contributed by atoms with Gasteiger partial charge in [0.2, 0.25) is 0 Å². The first-order valence-corrected chi connectivity index (χ1v) is 9.63. The van der Waals surface area contributed by atoms with Crippen LogP contribution in [0.5, 0.6) is 0 Å². The molecule has 31 heavy (non-hydrogen) atoms. The molecule has 8 heteroatoms. The molecule has 154 valence electrons. The van der Waals surface area contributed by atoms with Gasteiger partial charge in [0, 0.05) is 28.2 Å². The quantitative estimate of drug-likeness (QED) is 0.264. The van der Waals surface area contributed by atoms with Crippen LogP contribution in [0.1, 0.15) is 5.76 Å². The Kier molecular flexibility index (Phi) is 6.98. The van der Waals surface area contributed by atoms with Gasteiger partial charge in [-0.05, 0) is 54.6 Å². The third-order valence-corrected chi connectivity index (χ3v) is 4.93. The van der Waals surface area contributed by atoms with Crippen molar-refractivity contribution >= 4 is 64.2 Å². The smallest absolute Gasteiger partial charge is 0.266 e. The maximum absolute atomic E-state index is 12.7. The van der Waals surface area contributed by atoms with Gasteiger partial charge in [-0.3, -0.25) is 9.78 Å². The first kappa shape index (κ1) is 22.4. The Bertz CT molecular complexity index is 1330. The first-order valence-electron chi connectivity index (χ1n) is 8.87. The van der Waals surface area contributed by atoms with Crippen LogP contribution in [0.2, 0.25) is 10.0 Å². The molecule has 0 fully saturated rings. The number of aromatic nitrogens is 1. The molecule has 0 radical (unpaired) electrons. The molecule has 0 saturated heterocycles. The van der Waals surface area contributed by atoms with E-state index in [1.54, 1.807) is 54.7 Å². The van der Waals surface area contributed by atoms with Crippen LogP contribution in [-0.4, -0.2) is 10.9 Å². The summed E-state index contributed by atoms with van der Waals surface area (Å²) in [5.74, 6) is 0.270. The number of furan rings is 1. The Hall–Kier alpha value is -3.30. The Labute approximate surface area is 194 Å². The van der Waals surface area contributed by atoms with Crippen LogP contribution in [0, 0.1) is 11.3 Å². The number of anilines is 1. The normalized spacial score (nSPS) is 10.9. The predicted molar refractivity (Wildman–Crippen MR) is 125 cm³/mol. The molecule has 0 saturated carbocycles. The molecule has 0 aliphatic heterocycles. The molecule has 5 nitrogen and oxygen atoms in total. The molecule has 0 unspecified atom stereocenters. The van der Waals surface area contributed by atoms with E-state index in [4.69, 9.17) is 27.6 Å². The fraction of sp³-hybridized carbons (Fsp3) is 0. The number of carbonyl (C=O) groups excluding carboxylic acids is 1. The minimum absolute atomic E-state index is 0. The molecule has 0 aliphatic rings. The fourth-order valence-electron chi connectivity index (χ4n) is 2.95. The van der Waals surface area contributed by atoms with E-state index in [1.165, 1.54) is 6.08 Å². The summed E-state index contributed by atoms with van der Waals surface area (Å²) in [6.07, 6.45) is 3.05. The lowest BCUT2D eigenvalue weighted by atomic mass is 10.1. The zero-order chi connectivity index (χ0) is 21.1. The maximum atomic E-state index is 12.7. The molecular formula is C23H14Cl3N3O2. The summed E-state index contributed by atoms with van der Waals surface area (Å²) < 4.78 is 5.75. The second-order valence-corrected chi connectivity index (χ2v) is 7.17. The lowest BCUT2D eigenvalue weighted by Gasteiger charge is -2.07. The zero-order valence-corrected chi connectivity index (χ0v) is 18.1. The summed E-state index contributed by atoms with van der Waals surface area (Å²) in [4.78, 5) is 16.9. The van der Waals surface area contributed by atoms with Crippen molar-refractivity contribution in [1.82, 2.24) is 4.98 Å². The highest BCUT2D eigenvalue weighted by molar-refractivity contribution is 6.35. The highest BCUT2D eigenvalue weighted by atomic mass is 35.5. The SMILES string of the molecule is Cl.N#C/C(=C\c1ccc(-c2cc(Cl)ccc2Cl)o1)C(=O)Nc1cccc2ncccc12. The van der Waals surface area contributed by atoms with Gasteiger partial charge in [0.15, 0.2) is 0 Å². The predicted octanol–water partition coefficient (Wildman–Crippen LogP) is 6.77. The van der Waals surface area contributed by atoms with Crippen molar-refractivity contribution in [2.45, 2.75) is 0 Å². The molecule has 4 rings (SSSR count). The average molecular weight is 471 g/mol. The molecule has 0 spiro atoms. The summed E-state index contributed by atoms with van der Waals surface area (Å²) in [6.45, 7) is 0. The van der Waals surface area contributed by atoms with Gasteiger partial charge in [0.25, 0.3) is 5.91 Å². The Morgan fingerprint density at radius 3 is 2.74 bits per heavy atom. The number of nitrogens with one attached hydrogen (secondary N) is 1. The number of fused-ring (bicyclic) bond motifs is 1. The van der Waals surface area contributed by atoms with E-state index < -0.39 is 5.91 Å². The average Bonchev–Trinajstić information content (AvgIpc) is 3.22. The van der Waals surface area contributed by atoms with Crippen molar-refractivity contribution in [3.63, 3.8) is 0 Å². The van der Waals surface area contributed by atoms with Crippen LogP contribution < -0.4 is 5.32 Å². The lowest BCUT2D eigenvalue weighted by Crippen LogP contribution is -2.13.